The summed E-state index contributed by atoms with van der Waals surface area (Å²) < 4.78 is 5.41. The third kappa shape index (κ3) is 2.92. The molecule has 2 heterocycles. The van der Waals surface area contributed by atoms with Gasteiger partial charge >= 0.3 is 6.09 Å². The number of amides is 1. The van der Waals surface area contributed by atoms with E-state index in [-0.39, 0.29) is 11.6 Å². The van der Waals surface area contributed by atoms with Gasteiger partial charge < -0.3 is 15.0 Å². The first-order chi connectivity index (χ1) is 7.80. The molecule has 0 radical (unpaired) electrons. The van der Waals surface area contributed by atoms with E-state index in [4.69, 9.17) is 4.74 Å². The summed E-state index contributed by atoms with van der Waals surface area (Å²) in [6.07, 6.45) is 2.05. The number of carbonyl (C=O) groups is 1. The average molecular weight is 240 g/mol. The highest BCUT2D eigenvalue weighted by Gasteiger charge is 2.44. The minimum absolute atomic E-state index is 0.163. The van der Waals surface area contributed by atoms with E-state index in [0.29, 0.717) is 5.92 Å². The summed E-state index contributed by atoms with van der Waals surface area (Å²) in [5.41, 5.74) is -0.237. The quantitative estimate of drug-likeness (QED) is 0.704. The summed E-state index contributed by atoms with van der Waals surface area (Å²) in [6, 6.07) is 0. The number of nitrogens with zero attached hydrogens (tertiary/aromatic N) is 1. The molecule has 0 saturated carbocycles. The number of hydrogen-bond acceptors (Lipinski definition) is 3. The van der Waals surface area contributed by atoms with Crippen LogP contribution in [0.25, 0.3) is 0 Å². The van der Waals surface area contributed by atoms with E-state index in [1.807, 2.05) is 25.7 Å². The molecule has 1 N–H and O–H groups in total. The highest BCUT2D eigenvalue weighted by atomic mass is 16.6. The molecule has 4 heteroatoms. The molecule has 98 valence electrons. The van der Waals surface area contributed by atoms with Gasteiger partial charge in [0.05, 0.1) is 0 Å². The first kappa shape index (κ1) is 12.7. The highest BCUT2D eigenvalue weighted by Crippen LogP contribution is 2.33. The van der Waals surface area contributed by atoms with Crippen molar-refractivity contribution >= 4 is 6.09 Å². The van der Waals surface area contributed by atoms with E-state index in [2.05, 4.69) is 12.2 Å². The van der Waals surface area contributed by atoms with Crippen LogP contribution in [0.2, 0.25) is 0 Å². The lowest BCUT2D eigenvalue weighted by molar-refractivity contribution is 0.0282. The predicted molar refractivity (Wildman–Crippen MR) is 66.9 cm³/mol. The summed E-state index contributed by atoms with van der Waals surface area (Å²) in [5, 5.41) is 3.58. The summed E-state index contributed by atoms with van der Waals surface area (Å²) in [5.74, 6) is 0.716. The SMILES string of the molecule is CC1CNC2(CCN(C(=O)OC(C)(C)C)C2)C1. The largest absolute Gasteiger partial charge is 0.444 e. The summed E-state index contributed by atoms with van der Waals surface area (Å²) in [7, 11) is 0. The van der Waals surface area contributed by atoms with Crippen molar-refractivity contribution in [3.63, 3.8) is 0 Å². The molecule has 1 amide bonds. The Morgan fingerprint density at radius 1 is 1.47 bits per heavy atom. The van der Waals surface area contributed by atoms with Crippen molar-refractivity contribution in [3.05, 3.63) is 0 Å². The summed E-state index contributed by atoms with van der Waals surface area (Å²) >= 11 is 0. The van der Waals surface area contributed by atoms with Crippen molar-refractivity contribution in [1.29, 1.82) is 0 Å². The number of nitrogens with one attached hydrogen (secondary N) is 1. The fourth-order valence-electron chi connectivity index (χ4n) is 2.87. The molecule has 0 aromatic rings. The molecule has 0 bridgehead atoms. The number of carbonyl (C=O) groups excluding carboxylic acids is 1. The molecule has 2 rings (SSSR count). The Kier molecular flexibility index (Phi) is 3.10. The Bertz CT molecular complexity index is 311. The molecule has 17 heavy (non-hydrogen) atoms. The molecule has 0 aliphatic carbocycles. The standard InChI is InChI=1S/C13H24N2O2/c1-10-7-13(14-8-10)5-6-15(9-13)11(16)17-12(2,3)4/h10,14H,5-9H2,1-4H3. The second kappa shape index (κ2) is 4.16. The van der Waals surface area contributed by atoms with Gasteiger partial charge in [0.25, 0.3) is 0 Å². The second-order valence-corrected chi connectivity index (χ2v) is 6.62. The van der Waals surface area contributed by atoms with Crippen LogP contribution in [0.4, 0.5) is 4.79 Å². The van der Waals surface area contributed by atoms with Gasteiger partial charge in [0.1, 0.15) is 5.60 Å². The van der Waals surface area contributed by atoms with E-state index < -0.39 is 5.60 Å². The van der Waals surface area contributed by atoms with Crippen LogP contribution >= 0.6 is 0 Å². The topological polar surface area (TPSA) is 41.6 Å². The van der Waals surface area contributed by atoms with Gasteiger partial charge in [-0.3, -0.25) is 0 Å². The maximum atomic E-state index is 12.0. The smallest absolute Gasteiger partial charge is 0.410 e. The van der Waals surface area contributed by atoms with Gasteiger partial charge in [-0.1, -0.05) is 6.92 Å². The fraction of sp³-hybridized carbons (Fsp3) is 0.923. The van der Waals surface area contributed by atoms with Crippen molar-refractivity contribution in [1.82, 2.24) is 10.2 Å². The number of likely N-dealkylation sites (tertiary alicyclic amines) is 1. The Labute approximate surface area is 104 Å². The van der Waals surface area contributed by atoms with Crippen LogP contribution in [-0.2, 0) is 4.74 Å². The van der Waals surface area contributed by atoms with Crippen LogP contribution in [0.3, 0.4) is 0 Å². The van der Waals surface area contributed by atoms with Crippen LogP contribution in [-0.4, -0.2) is 41.8 Å². The lowest BCUT2D eigenvalue weighted by Gasteiger charge is -2.27. The van der Waals surface area contributed by atoms with Crippen molar-refractivity contribution in [3.8, 4) is 0 Å². The van der Waals surface area contributed by atoms with Crippen molar-refractivity contribution < 1.29 is 9.53 Å². The monoisotopic (exact) mass is 240 g/mol. The molecule has 0 aromatic carbocycles. The Morgan fingerprint density at radius 2 is 2.18 bits per heavy atom. The molecule has 2 aliphatic heterocycles. The van der Waals surface area contributed by atoms with Gasteiger partial charge in [-0.15, -0.1) is 0 Å². The van der Waals surface area contributed by atoms with Gasteiger partial charge in [0.15, 0.2) is 0 Å². The fourth-order valence-corrected chi connectivity index (χ4v) is 2.87. The number of rotatable bonds is 0. The van der Waals surface area contributed by atoms with E-state index in [1.165, 1.54) is 6.42 Å². The first-order valence-electron chi connectivity index (χ1n) is 6.53. The van der Waals surface area contributed by atoms with Crippen LogP contribution in [0.5, 0.6) is 0 Å². The van der Waals surface area contributed by atoms with Gasteiger partial charge in [0, 0.05) is 18.6 Å². The van der Waals surface area contributed by atoms with E-state index in [9.17, 15) is 4.79 Å². The minimum atomic E-state index is -0.400. The third-order valence-electron chi connectivity index (χ3n) is 3.57. The van der Waals surface area contributed by atoms with E-state index >= 15 is 0 Å². The lowest BCUT2D eigenvalue weighted by atomic mass is 9.93. The van der Waals surface area contributed by atoms with Crippen LogP contribution < -0.4 is 5.32 Å². The second-order valence-electron chi connectivity index (χ2n) is 6.62. The number of ether oxygens (including phenoxy) is 1. The molecule has 1 spiro atoms. The van der Waals surface area contributed by atoms with Crippen molar-refractivity contribution in [2.75, 3.05) is 19.6 Å². The van der Waals surface area contributed by atoms with Crippen molar-refractivity contribution in [2.45, 2.75) is 51.7 Å². The predicted octanol–water partition coefficient (Wildman–Crippen LogP) is 2.00. The van der Waals surface area contributed by atoms with Crippen LogP contribution in [0.15, 0.2) is 0 Å². The van der Waals surface area contributed by atoms with Crippen LogP contribution in [0, 0.1) is 5.92 Å². The average Bonchev–Trinajstić information content (AvgIpc) is 2.72. The van der Waals surface area contributed by atoms with Crippen molar-refractivity contribution in [2.24, 2.45) is 5.92 Å². The number of hydrogen-bond donors (Lipinski definition) is 1. The lowest BCUT2D eigenvalue weighted by Crippen LogP contribution is -2.44. The zero-order chi connectivity index (χ0) is 12.7. The van der Waals surface area contributed by atoms with E-state index in [0.717, 1.165) is 26.1 Å². The molecule has 2 aliphatic rings. The molecule has 2 unspecified atom stereocenters. The summed E-state index contributed by atoms with van der Waals surface area (Å²) in [6.45, 7) is 10.7. The molecular weight excluding hydrogens is 216 g/mol. The zero-order valence-electron chi connectivity index (χ0n) is 11.4. The van der Waals surface area contributed by atoms with Crippen LogP contribution in [0.1, 0.15) is 40.5 Å². The maximum absolute atomic E-state index is 12.0. The molecule has 4 nitrogen and oxygen atoms in total. The summed E-state index contributed by atoms with van der Waals surface area (Å²) in [4.78, 5) is 13.8. The molecule has 0 aromatic heterocycles. The molecule has 2 saturated heterocycles. The zero-order valence-corrected chi connectivity index (χ0v) is 11.4. The third-order valence-corrected chi connectivity index (χ3v) is 3.57. The normalized spacial score (nSPS) is 33.4. The van der Waals surface area contributed by atoms with E-state index in [1.54, 1.807) is 0 Å². The van der Waals surface area contributed by atoms with Gasteiger partial charge in [-0.2, -0.15) is 0 Å². The molecule has 2 fully saturated rings. The first-order valence-corrected chi connectivity index (χ1v) is 6.53. The Morgan fingerprint density at radius 3 is 2.71 bits per heavy atom. The highest BCUT2D eigenvalue weighted by molar-refractivity contribution is 5.68. The van der Waals surface area contributed by atoms with Gasteiger partial charge in [-0.25, -0.2) is 4.79 Å². The Hall–Kier alpha value is -0.770. The maximum Gasteiger partial charge on any atom is 0.410 e. The van der Waals surface area contributed by atoms with Gasteiger partial charge in [-0.05, 0) is 46.1 Å². The minimum Gasteiger partial charge on any atom is -0.444 e. The Balaban J connectivity index is 1.92. The molecular formula is C13H24N2O2. The van der Waals surface area contributed by atoms with Gasteiger partial charge in [0.2, 0.25) is 0 Å². The molecule has 2 atom stereocenters.